The molecule has 3 aliphatic rings. The second-order valence-corrected chi connectivity index (χ2v) is 13.9. The van der Waals surface area contributed by atoms with Crippen LogP contribution >= 0.6 is 0 Å². The molecule has 46 heavy (non-hydrogen) atoms. The van der Waals surface area contributed by atoms with Gasteiger partial charge in [-0.15, -0.1) is 0 Å². The minimum Gasteiger partial charge on any atom is -0.458 e. The van der Waals surface area contributed by atoms with E-state index in [1.54, 1.807) is 27.7 Å². The first-order chi connectivity index (χ1) is 20.8. The SMILES string of the molecule is CC[C@H]1OC(=O)[C@H](C)C(=O)[C@H](C)[C@@H](OC2O[C@H](C)C[C@H](N(C)C)[C@H]2O)[C@](C)(OC(N)=O)C[C@@H](C)C(=O)C(C)C2CC(=O)O[C@@]21C.[Ac]. The van der Waals surface area contributed by atoms with Crippen LogP contribution in [-0.4, -0.2) is 102 Å². The number of amides is 1. The number of aliphatic hydroxyl groups excluding tert-OH is 1. The van der Waals surface area contributed by atoms with Crippen LogP contribution in [0.15, 0.2) is 0 Å². The van der Waals surface area contributed by atoms with Gasteiger partial charge in [0.1, 0.15) is 41.2 Å². The molecule has 0 aromatic carbocycles. The van der Waals surface area contributed by atoms with Gasteiger partial charge in [-0.1, -0.05) is 27.7 Å². The predicted molar refractivity (Wildman–Crippen MR) is 160 cm³/mol. The standard InChI is InChI=1S/C32H52N2O11.Ac/c1-11-22-32(8)20(13-23(35)44-32)17(4)24(36)15(2)14-31(7,45-30(33)40)27(18(5)25(37)19(6)28(39)42-22)43-29-26(38)21(34(9)10)12-16(3)41-29;/h15-22,26-27,29,38H,11-14H2,1-10H3,(H2,33,40);/t15-,16-,17?,18+,19-,20?,21+,22-,26-,27-,29?,31-,32+;/m1./s1. The number of rotatable bonds is 5. The van der Waals surface area contributed by atoms with Crippen LogP contribution in [0.1, 0.15) is 81.1 Å². The molecular weight excluding hydrogens is 815 g/mol. The fraction of sp³-hybridized carbons (Fsp3) is 0.844. The smallest absolute Gasteiger partial charge is 0.405 e. The van der Waals surface area contributed by atoms with Crippen LogP contribution < -0.4 is 5.73 Å². The second-order valence-electron chi connectivity index (χ2n) is 13.9. The first-order valence-corrected chi connectivity index (χ1v) is 15.9. The number of nitrogens with two attached hydrogens (primary N) is 1. The van der Waals surface area contributed by atoms with Crippen LogP contribution in [0.5, 0.6) is 0 Å². The number of hydrogen-bond acceptors (Lipinski definition) is 12. The van der Waals surface area contributed by atoms with Crippen molar-refractivity contribution >= 4 is 29.6 Å². The van der Waals surface area contributed by atoms with E-state index in [1.165, 1.54) is 20.8 Å². The Morgan fingerprint density at radius 2 is 1.65 bits per heavy atom. The molecule has 3 saturated heterocycles. The molecule has 3 unspecified atom stereocenters. The Hall–Kier alpha value is -1.17. The van der Waals surface area contributed by atoms with Crippen molar-refractivity contribution in [3.8, 4) is 0 Å². The number of nitrogens with zero attached hydrogens (tertiary/aromatic N) is 1. The Bertz CT molecular complexity index is 1150. The van der Waals surface area contributed by atoms with Crippen LogP contribution in [0.2, 0.25) is 0 Å². The van der Waals surface area contributed by atoms with Gasteiger partial charge >= 0.3 is 18.0 Å². The van der Waals surface area contributed by atoms with E-state index in [2.05, 4.69) is 0 Å². The summed E-state index contributed by atoms with van der Waals surface area (Å²) < 4.78 is 29.7. The van der Waals surface area contributed by atoms with Crippen LogP contribution in [-0.2, 0) is 42.9 Å². The number of ketones is 2. The average Bonchev–Trinajstić information content (AvgIpc) is 3.26. The molecule has 0 spiro atoms. The van der Waals surface area contributed by atoms with Gasteiger partial charge in [0, 0.05) is 73.8 Å². The summed E-state index contributed by atoms with van der Waals surface area (Å²) in [6.45, 7) is 13.1. The topological polar surface area (TPSA) is 181 Å². The molecule has 14 heteroatoms. The molecule has 1 amide bonds. The quantitative estimate of drug-likeness (QED) is 0.235. The van der Waals surface area contributed by atoms with Crippen molar-refractivity contribution in [3.63, 3.8) is 0 Å². The van der Waals surface area contributed by atoms with Crippen molar-refractivity contribution in [1.29, 1.82) is 0 Å². The number of fused-ring (bicyclic) bond motifs is 1. The number of likely N-dealkylation sites (N-methyl/N-ethyl adjacent to an activating group) is 1. The van der Waals surface area contributed by atoms with Crippen molar-refractivity contribution in [3.05, 3.63) is 0 Å². The number of primary amides is 1. The summed E-state index contributed by atoms with van der Waals surface area (Å²) in [6, 6.07) is -0.349. The number of hydrogen-bond donors (Lipinski definition) is 2. The molecule has 3 N–H and O–H groups in total. The van der Waals surface area contributed by atoms with Gasteiger partial charge in [-0.2, -0.15) is 0 Å². The molecule has 0 bridgehead atoms. The molecule has 0 saturated carbocycles. The monoisotopic (exact) mass is 867 g/mol. The molecular formula is C32H52AcN2O11. The normalized spacial score (nSPS) is 42.7. The molecule has 3 rings (SSSR count). The Morgan fingerprint density at radius 3 is 2.20 bits per heavy atom. The van der Waals surface area contributed by atoms with Crippen molar-refractivity contribution in [1.82, 2.24) is 4.90 Å². The summed E-state index contributed by atoms with van der Waals surface area (Å²) in [5, 5.41) is 11.3. The van der Waals surface area contributed by atoms with Crippen LogP contribution in [0, 0.1) is 73.7 Å². The number of carbonyl (C=O) groups is 5. The number of aliphatic hydroxyl groups is 1. The summed E-state index contributed by atoms with van der Waals surface area (Å²) in [5.74, 6) is -6.72. The van der Waals surface area contributed by atoms with Gasteiger partial charge in [-0.3, -0.25) is 19.2 Å². The van der Waals surface area contributed by atoms with E-state index in [-0.39, 0.29) is 81.3 Å². The summed E-state index contributed by atoms with van der Waals surface area (Å²) in [6.07, 6.45) is -5.48. The Morgan fingerprint density at radius 1 is 1.04 bits per heavy atom. The molecule has 3 fully saturated rings. The fourth-order valence-electron chi connectivity index (χ4n) is 7.62. The van der Waals surface area contributed by atoms with Gasteiger partial charge in [0.25, 0.3) is 0 Å². The Balaban J connectivity index is 0.00000736. The zero-order valence-electron chi connectivity index (χ0n) is 28.8. The molecule has 259 valence electrons. The summed E-state index contributed by atoms with van der Waals surface area (Å²) >= 11 is 0. The van der Waals surface area contributed by atoms with Crippen molar-refractivity contribution in [2.75, 3.05) is 14.1 Å². The van der Waals surface area contributed by atoms with Gasteiger partial charge in [0.05, 0.1) is 12.5 Å². The Labute approximate surface area is 307 Å². The van der Waals surface area contributed by atoms with E-state index in [4.69, 9.17) is 29.4 Å². The second kappa shape index (κ2) is 16.0. The van der Waals surface area contributed by atoms with Crippen LogP contribution in [0.3, 0.4) is 0 Å². The molecule has 1 radical (unpaired) electrons. The maximum atomic E-state index is 14.0. The predicted octanol–water partition coefficient (Wildman–Crippen LogP) is 2.38. The Kier molecular flexibility index (Phi) is 14.3. The minimum absolute atomic E-state index is 0. The third-order valence-electron chi connectivity index (χ3n) is 10.2. The van der Waals surface area contributed by atoms with Crippen LogP contribution in [0.25, 0.3) is 0 Å². The van der Waals surface area contributed by atoms with E-state index >= 15 is 0 Å². The number of carbonyl (C=O) groups excluding carboxylic acids is 5. The van der Waals surface area contributed by atoms with E-state index < -0.39 is 89.2 Å². The largest absolute Gasteiger partial charge is 0.458 e. The fourth-order valence-corrected chi connectivity index (χ4v) is 7.62. The zero-order chi connectivity index (χ0) is 34.2. The van der Waals surface area contributed by atoms with Crippen molar-refractivity contribution in [2.45, 2.75) is 129 Å². The van der Waals surface area contributed by atoms with E-state index in [0.717, 1.165) is 0 Å². The first-order valence-electron chi connectivity index (χ1n) is 15.9. The van der Waals surface area contributed by atoms with Gasteiger partial charge in [-0.25, -0.2) is 4.79 Å². The zero-order valence-corrected chi connectivity index (χ0v) is 33.6. The minimum atomic E-state index is -1.70. The number of cyclic esters (lactones) is 1. The maximum absolute atomic E-state index is 14.0. The average molecular weight is 868 g/mol. The molecule has 0 aliphatic carbocycles. The van der Waals surface area contributed by atoms with E-state index in [1.807, 2.05) is 25.9 Å². The van der Waals surface area contributed by atoms with E-state index in [9.17, 15) is 29.1 Å². The number of esters is 2. The van der Waals surface area contributed by atoms with Gasteiger partial charge in [0.15, 0.2) is 12.1 Å². The number of Topliss-reactive ketones (excluding diaryl/α,β-unsaturated/α-hetero) is 2. The molecule has 3 aliphatic heterocycles. The first kappa shape index (κ1) is 41.0. The molecule has 0 aromatic rings. The van der Waals surface area contributed by atoms with Crippen molar-refractivity contribution in [2.24, 2.45) is 35.3 Å². The van der Waals surface area contributed by atoms with Gasteiger partial charge < -0.3 is 39.4 Å². The van der Waals surface area contributed by atoms with Gasteiger partial charge in [0.2, 0.25) is 0 Å². The third-order valence-corrected chi connectivity index (χ3v) is 10.2. The van der Waals surface area contributed by atoms with Gasteiger partial charge in [-0.05, 0) is 61.1 Å². The maximum Gasteiger partial charge on any atom is 0.405 e. The van der Waals surface area contributed by atoms with E-state index in [0.29, 0.717) is 6.42 Å². The molecule has 3 heterocycles. The third kappa shape index (κ3) is 8.51. The van der Waals surface area contributed by atoms with Crippen molar-refractivity contribution < 1.29 is 96.8 Å². The molecule has 0 aromatic heterocycles. The summed E-state index contributed by atoms with van der Waals surface area (Å²) in [5.41, 5.74) is 2.54. The molecule has 13 atom stereocenters. The summed E-state index contributed by atoms with van der Waals surface area (Å²) in [7, 11) is 3.63. The number of ether oxygens (including phenoxy) is 5. The van der Waals surface area contributed by atoms with Crippen LogP contribution in [0.4, 0.5) is 4.79 Å². The molecule has 13 nitrogen and oxygen atoms in total. The summed E-state index contributed by atoms with van der Waals surface area (Å²) in [4.78, 5) is 68.3.